The summed E-state index contributed by atoms with van der Waals surface area (Å²) in [5.41, 5.74) is 0.261. The van der Waals surface area contributed by atoms with Gasteiger partial charge in [0.2, 0.25) is 0 Å². The van der Waals surface area contributed by atoms with E-state index in [0.717, 1.165) is 23.8 Å². The zero-order valence-electron chi connectivity index (χ0n) is 14.4. The third-order valence-electron chi connectivity index (χ3n) is 5.56. The van der Waals surface area contributed by atoms with E-state index in [1.54, 1.807) is 0 Å². The molecule has 0 amide bonds. The molecule has 2 aliphatic rings. The lowest BCUT2D eigenvalue weighted by atomic mass is 9.78. The maximum absolute atomic E-state index is 3.70. The Labute approximate surface area is 126 Å². The fraction of sp³-hybridized carbons (Fsp3) is 1.00. The van der Waals surface area contributed by atoms with Gasteiger partial charge in [-0.05, 0) is 83.7 Å². The summed E-state index contributed by atoms with van der Waals surface area (Å²) in [4.78, 5) is 2.82. The van der Waals surface area contributed by atoms with Crippen molar-refractivity contribution < 1.29 is 0 Å². The third-order valence-corrected chi connectivity index (χ3v) is 5.56. The predicted molar refractivity (Wildman–Crippen MR) is 88.0 cm³/mol. The fourth-order valence-corrected chi connectivity index (χ4v) is 3.90. The third kappa shape index (κ3) is 4.73. The van der Waals surface area contributed by atoms with E-state index >= 15 is 0 Å². The number of hydrogen-bond donors (Lipinski definition) is 1. The number of rotatable bonds is 3. The van der Waals surface area contributed by atoms with Crippen LogP contribution in [0.25, 0.3) is 0 Å². The Bertz CT molecular complexity index is 294. The van der Waals surface area contributed by atoms with Crippen LogP contribution in [0.15, 0.2) is 0 Å². The van der Waals surface area contributed by atoms with E-state index in [9.17, 15) is 0 Å². The molecule has 1 heterocycles. The Balaban J connectivity index is 1.81. The van der Waals surface area contributed by atoms with E-state index in [-0.39, 0.29) is 5.54 Å². The molecule has 1 saturated heterocycles. The number of likely N-dealkylation sites (tertiary alicyclic amines) is 1. The highest BCUT2D eigenvalue weighted by atomic mass is 15.2. The van der Waals surface area contributed by atoms with E-state index in [2.05, 4.69) is 44.8 Å². The zero-order valence-corrected chi connectivity index (χ0v) is 14.4. The van der Waals surface area contributed by atoms with E-state index in [1.807, 2.05) is 0 Å². The van der Waals surface area contributed by atoms with Crippen molar-refractivity contribution in [2.24, 2.45) is 17.8 Å². The van der Waals surface area contributed by atoms with Gasteiger partial charge < -0.3 is 10.2 Å². The molecule has 2 rings (SSSR count). The molecule has 4 unspecified atom stereocenters. The van der Waals surface area contributed by atoms with Gasteiger partial charge in [-0.2, -0.15) is 0 Å². The van der Waals surface area contributed by atoms with Crippen molar-refractivity contribution in [3.05, 3.63) is 0 Å². The normalized spacial score (nSPS) is 37.0. The molecule has 118 valence electrons. The van der Waals surface area contributed by atoms with Crippen LogP contribution in [-0.2, 0) is 0 Å². The van der Waals surface area contributed by atoms with Gasteiger partial charge in [-0.3, -0.25) is 0 Å². The Morgan fingerprint density at radius 2 is 1.80 bits per heavy atom. The van der Waals surface area contributed by atoms with E-state index < -0.39 is 0 Å². The Morgan fingerprint density at radius 3 is 2.45 bits per heavy atom. The minimum atomic E-state index is 0.261. The van der Waals surface area contributed by atoms with Gasteiger partial charge in [0.05, 0.1) is 0 Å². The molecule has 1 N–H and O–H groups in total. The monoisotopic (exact) mass is 280 g/mol. The second-order valence-electron chi connectivity index (χ2n) is 8.56. The summed E-state index contributed by atoms with van der Waals surface area (Å²) in [5, 5.41) is 3.70. The number of hydrogen-bond acceptors (Lipinski definition) is 2. The average Bonchev–Trinajstić information content (AvgIpc) is 2.39. The molecular weight excluding hydrogens is 244 g/mol. The van der Waals surface area contributed by atoms with Crippen molar-refractivity contribution in [1.29, 1.82) is 0 Å². The first-order valence-electron chi connectivity index (χ1n) is 8.84. The van der Waals surface area contributed by atoms with Crippen LogP contribution in [0.3, 0.4) is 0 Å². The molecule has 0 aromatic heterocycles. The minimum Gasteiger partial charge on any atom is -0.312 e. The first-order valence-corrected chi connectivity index (χ1v) is 8.84. The van der Waals surface area contributed by atoms with Gasteiger partial charge in [0.1, 0.15) is 0 Å². The average molecular weight is 280 g/mol. The number of nitrogens with zero attached hydrogens (tertiary/aromatic N) is 1. The Morgan fingerprint density at radius 1 is 1.05 bits per heavy atom. The number of piperidine rings is 1. The van der Waals surface area contributed by atoms with E-state index in [4.69, 9.17) is 0 Å². The van der Waals surface area contributed by atoms with E-state index in [0.29, 0.717) is 0 Å². The molecule has 20 heavy (non-hydrogen) atoms. The van der Waals surface area contributed by atoms with Gasteiger partial charge in [-0.1, -0.05) is 13.8 Å². The van der Waals surface area contributed by atoms with Gasteiger partial charge in [0.25, 0.3) is 0 Å². The first kappa shape index (κ1) is 16.3. The fourth-order valence-electron chi connectivity index (χ4n) is 3.90. The first-order chi connectivity index (χ1) is 9.35. The lowest BCUT2D eigenvalue weighted by Gasteiger charge is -2.43. The quantitative estimate of drug-likeness (QED) is 0.843. The molecule has 2 fully saturated rings. The topological polar surface area (TPSA) is 15.3 Å². The van der Waals surface area contributed by atoms with E-state index in [1.165, 1.54) is 51.7 Å². The maximum atomic E-state index is 3.70. The van der Waals surface area contributed by atoms with Crippen LogP contribution >= 0.6 is 0 Å². The van der Waals surface area contributed by atoms with Crippen LogP contribution in [0.1, 0.15) is 66.7 Å². The molecule has 1 aliphatic carbocycles. The van der Waals surface area contributed by atoms with Crippen LogP contribution in [0.5, 0.6) is 0 Å². The van der Waals surface area contributed by atoms with Crippen LogP contribution < -0.4 is 5.32 Å². The molecule has 0 bridgehead atoms. The molecule has 2 heteroatoms. The summed E-state index contributed by atoms with van der Waals surface area (Å²) in [6.07, 6.45) is 7.12. The van der Waals surface area contributed by atoms with Gasteiger partial charge in [0.15, 0.2) is 0 Å². The minimum absolute atomic E-state index is 0.261. The summed E-state index contributed by atoms with van der Waals surface area (Å²) in [6.45, 7) is 15.6. The van der Waals surface area contributed by atoms with Gasteiger partial charge in [-0.25, -0.2) is 0 Å². The number of nitrogens with one attached hydrogen (secondary N) is 1. The maximum Gasteiger partial charge on any atom is 0.00981 e. The summed E-state index contributed by atoms with van der Waals surface area (Å²) < 4.78 is 0. The van der Waals surface area contributed by atoms with Gasteiger partial charge >= 0.3 is 0 Å². The van der Waals surface area contributed by atoms with Crippen LogP contribution in [-0.4, -0.2) is 36.1 Å². The lowest BCUT2D eigenvalue weighted by molar-refractivity contribution is 0.0678. The van der Waals surface area contributed by atoms with Crippen molar-refractivity contribution >= 4 is 0 Å². The highest BCUT2D eigenvalue weighted by Gasteiger charge is 2.31. The summed E-state index contributed by atoms with van der Waals surface area (Å²) in [7, 11) is 0. The molecule has 1 saturated carbocycles. The molecule has 0 aromatic rings. The predicted octanol–water partition coefficient (Wildman–Crippen LogP) is 3.91. The highest BCUT2D eigenvalue weighted by molar-refractivity contribution is 4.86. The standard InChI is InChI=1S/C18H36N2/c1-14-8-9-17(11-15(14)2)20-10-6-7-16(13-20)12-19-18(3,4)5/h14-17,19H,6-13H2,1-5H3. The molecular formula is C18H36N2. The second kappa shape index (κ2) is 6.79. The van der Waals surface area contributed by atoms with Crippen LogP contribution in [0, 0.1) is 17.8 Å². The molecule has 0 spiro atoms. The molecule has 2 nitrogen and oxygen atoms in total. The lowest BCUT2D eigenvalue weighted by Crippen LogP contribution is -2.49. The van der Waals surface area contributed by atoms with Gasteiger partial charge in [-0.15, -0.1) is 0 Å². The Hall–Kier alpha value is -0.0800. The summed E-state index contributed by atoms with van der Waals surface area (Å²) in [6, 6.07) is 0.874. The molecule has 4 atom stereocenters. The second-order valence-corrected chi connectivity index (χ2v) is 8.56. The summed E-state index contributed by atoms with van der Waals surface area (Å²) >= 11 is 0. The van der Waals surface area contributed by atoms with Crippen molar-refractivity contribution in [3.63, 3.8) is 0 Å². The molecule has 0 radical (unpaired) electrons. The van der Waals surface area contributed by atoms with Crippen LogP contribution in [0.4, 0.5) is 0 Å². The smallest absolute Gasteiger partial charge is 0.00981 e. The van der Waals surface area contributed by atoms with Crippen molar-refractivity contribution in [3.8, 4) is 0 Å². The zero-order chi connectivity index (χ0) is 14.8. The SMILES string of the molecule is CC1CCC(N2CCCC(CNC(C)(C)C)C2)CC1C. The Kier molecular flexibility index (Phi) is 5.53. The largest absolute Gasteiger partial charge is 0.312 e. The van der Waals surface area contributed by atoms with Crippen molar-refractivity contribution in [1.82, 2.24) is 10.2 Å². The van der Waals surface area contributed by atoms with Crippen molar-refractivity contribution in [2.45, 2.75) is 78.3 Å². The van der Waals surface area contributed by atoms with Crippen LogP contribution in [0.2, 0.25) is 0 Å². The van der Waals surface area contributed by atoms with Crippen molar-refractivity contribution in [2.75, 3.05) is 19.6 Å². The molecule has 0 aromatic carbocycles. The molecule has 1 aliphatic heterocycles. The summed E-state index contributed by atoms with van der Waals surface area (Å²) in [5.74, 6) is 2.72. The highest BCUT2D eigenvalue weighted by Crippen LogP contribution is 2.33. The van der Waals surface area contributed by atoms with Gasteiger partial charge in [0, 0.05) is 18.1 Å².